The van der Waals surface area contributed by atoms with Gasteiger partial charge in [-0.3, -0.25) is 4.79 Å². The summed E-state index contributed by atoms with van der Waals surface area (Å²) in [6.07, 6.45) is -2.69. The van der Waals surface area contributed by atoms with Crippen molar-refractivity contribution in [3.8, 4) is 0 Å². The monoisotopic (exact) mass is 307 g/mol. The zero-order chi connectivity index (χ0) is 15.8. The highest BCUT2D eigenvalue weighted by atomic mass is 19.4. The third kappa shape index (κ3) is 3.52. The molecule has 21 heavy (non-hydrogen) atoms. The summed E-state index contributed by atoms with van der Waals surface area (Å²) in [6, 6.07) is 0. The smallest absolute Gasteiger partial charge is 0.380 e. The van der Waals surface area contributed by atoms with Gasteiger partial charge in [-0.05, 0) is 31.1 Å². The largest absolute Gasteiger partial charge is 0.417 e. The van der Waals surface area contributed by atoms with Crippen molar-refractivity contribution in [3.05, 3.63) is 0 Å². The van der Waals surface area contributed by atoms with E-state index in [2.05, 4.69) is 13.8 Å². The molecule has 2 atom stereocenters. The van der Waals surface area contributed by atoms with Crippen LogP contribution in [0, 0.1) is 17.8 Å². The number of alkyl halides is 3. The van der Waals surface area contributed by atoms with Crippen LogP contribution in [0.3, 0.4) is 0 Å². The molecular formula is C15H24F3NO2. The quantitative estimate of drug-likeness (QED) is 0.809. The van der Waals surface area contributed by atoms with E-state index in [4.69, 9.17) is 0 Å². The lowest BCUT2D eigenvalue weighted by molar-refractivity contribution is -0.272. The van der Waals surface area contributed by atoms with Crippen molar-refractivity contribution in [2.24, 2.45) is 17.8 Å². The predicted molar refractivity (Wildman–Crippen MR) is 72.5 cm³/mol. The molecule has 0 aromatic carbocycles. The molecule has 1 saturated heterocycles. The molecule has 0 bridgehead atoms. The van der Waals surface area contributed by atoms with E-state index in [9.17, 15) is 23.1 Å². The summed E-state index contributed by atoms with van der Waals surface area (Å²) in [5, 5.41) is 9.64. The number of carbonyl (C=O) groups excluding carboxylic acids is 1. The number of halogens is 3. The Hall–Kier alpha value is -0.780. The van der Waals surface area contributed by atoms with E-state index in [-0.39, 0.29) is 24.9 Å². The Morgan fingerprint density at radius 2 is 1.57 bits per heavy atom. The van der Waals surface area contributed by atoms with E-state index in [0.29, 0.717) is 11.8 Å². The maximum atomic E-state index is 12.8. The third-order valence-corrected chi connectivity index (χ3v) is 4.96. The molecule has 2 aliphatic rings. The first kappa shape index (κ1) is 16.6. The molecule has 1 aliphatic carbocycles. The minimum atomic E-state index is -4.62. The van der Waals surface area contributed by atoms with Gasteiger partial charge >= 0.3 is 6.18 Å². The van der Waals surface area contributed by atoms with Crippen molar-refractivity contribution in [1.82, 2.24) is 4.90 Å². The Morgan fingerprint density at radius 1 is 1.10 bits per heavy atom. The summed E-state index contributed by atoms with van der Waals surface area (Å²) in [7, 11) is 0. The number of piperidine rings is 1. The Morgan fingerprint density at radius 3 is 2.00 bits per heavy atom. The van der Waals surface area contributed by atoms with Gasteiger partial charge in [0.2, 0.25) is 5.91 Å². The number of nitrogens with zero attached hydrogens (tertiary/aromatic N) is 1. The van der Waals surface area contributed by atoms with Crippen LogP contribution >= 0.6 is 0 Å². The van der Waals surface area contributed by atoms with Crippen LogP contribution < -0.4 is 0 Å². The normalized spacial score (nSPS) is 33.8. The fourth-order valence-electron chi connectivity index (χ4n) is 3.79. The summed E-state index contributed by atoms with van der Waals surface area (Å²) in [5.41, 5.74) is -2.63. The zero-order valence-corrected chi connectivity index (χ0v) is 12.6. The molecule has 2 rings (SSSR count). The number of amides is 1. The number of likely N-dealkylation sites (tertiary alicyclic amines) is 1. The molecule has 0 spiro atoms. The first-order valence-corrected chi connectivity index (χ1v) is 7.70. The second kappa shape index (κ2) is 5.78. The Balaban J connectivity index is 1.94. The summed E-state index contributed by atoms with van der Waals surface area (Å²) in [5.74, 6) is 0.873. The van der Waals surface area contributed by atoms with Crippen molar-refractivity contribution in [2.45, 2.75) is 57.7 Å². The van der Waals surface area contributed by atoms with Crippen molar-refractivity contribution in [1.29, 1.82) is 0 Å². The van der Waals surface area contributed by atoms with Crippen molar-refractivity contribution in [3.63, 3.8) is 0 Å². The number of hydrogen-bond acceptors (Lipinski definition) is 2. The summed E-state index contributed by atoms with van der Waals surface area (Å²) < 4.78 is 38.3. The predicted octanol–water partition coefficient (Wildman–Crippen LogP) is 2.97. The van der Waals surface area contributed by atoms with E-state index in [1.54, 1.807) is 0 Å². The van der Waals surface area contributed by atoms with Gasteiger partial charge in [-0.2, -0.15) is 13.2 Å². The summed E-state index contributed by atoms with van der Waals surface area (Å²) in [4.78, 5) is 14.0. The van der Waals surface area contributed by atoms with Crippen LogP contribution in [0.1, 0.15) is 46.0 Å². The van der Waals surface area contributed by atoms with Gasteiger partial charge in [0.15, 0.2) is 5.60 Å². The third-order valence-electron chi connectivity index (χ3n) is 4.96. The molecule has 0 aromatic rings. The average molecular weight is 307 g/mol. The van der Waals surface area contributed by atoms with Crippen LogP contribution in [0.5, 0.6) is 0 Å². The van der Waals surface area contributed by atoms with Gasteiger partial charge < -0.3 is 10.0 Å². The maximum absolute atomic E-state index is 12.8. The van der Waals surface area contributed by atoms with Crippen LogP contribution in [0.4, 0.5) is 13.2 Å². The molecule has 6 heteroatoms. The van der Waals surface area contributed by atoms with Crippen LogP contribution in [0.2, 0.25) is 0 Å². The van der Waals surface area contributed by atoms with E-state index in [0.717, 1.165) is 19.3 Å². The second-order valence-electron chi connectivity index (χ2n) is 6.97. The number of rotatable bonds is 1. The summed E-state index contributed by atoms with van der Waals surface area (Å²) >= 11 is 0. The Labute approximate surface area is 123 Å². The van der Waals surface area contributed by atoms with Crippen LogP contribution in [-0.4, -0.2) is 40.8 Å². The Bertz CT molecular complexity index is 379. The standard InChI is InChI=1S/C15H24F3NO2/c1-10-7-11(2)9-12(8-10)13(20)19-5-3-14(21,4-6-19)15(16,17)18/h10-12,21H,3-9H2,1-2H3. The SMILES string of the molecule is CC1CC(C)CC(C(=O)N2CCC(O)(C(F)(F)F)CC2)C1. The minimum Gasteiger partial charge on any atom is -0.380 e. The molecule has 0 aromatic heterocycles. The first-order chi connectivity index (χ1) is 9.62. The van der Waals surface area contributed by atoms with Crippen LogP contribution in [0.15, 0.2) is 0 Å². The lowest BCUT2D eigenvalue weighted by Crippen LogP contribution is -2.55. The molecule has 3 nitrogen and oxygen atoms in total. The second-order valence-corrected chi connectivity index (χ2v) is 6.97. The average Bonchev–Trinajstić information content (AvgIpc) is 2.36. The summed E-state index contributed by atoms with van der Waals surface area (Å²) in [6.45, 7) is 4.23. The zero-order valence-electron chi connectivity index (χ0n) is 12.6. The first-order valence-electron chi connectivity index (χ1n) is 7.70. The van der Waals surface area contributed by atoms with E-state index >= 15 is 0 Å². The van der Waals surface area contributed by atoms with Crippen LogP contribution in [0.25, 0.3) is 0 Å². The van der Waals surface area contributed by atoms with Crippen molar-refractivity contribution in [2.75, 3.05) is 13.1 Å². The van der Waals surface area contributed by atoms with Gasteiger partial charge in [0, 0.05) is 31.8 Å². The topological polar surface area (TPSA) is 40.5 Å². The molecule has 1 heterocycles. The number of hydrogen-bond donors (Lipinski definition) is 1. The highest BCUT2D eigenvalue weighted by Crippen LogP contribution is 2.39. The highest BCUT2D eigenvalue weighted by molar-refractivity contribution is 5.79. The minimum absolute atomic E-state index is 0.00585. The lowest BCUT2D eigenvalue weighted by atomic mass is 9.76. The van der Waals surface area contributed by atoms with Gasteiger partial charge in [-0.25, -0.2) is 0 Å². The van der Waals surface area contributed by atoms with Crippen molar-refractivity contribution >= 4 is 5.91 Å². The molecule has 1 saturated carbocycles. The molecule has 2 unspecified atom stereocenters. The van der Waals surface area contributed by atoms with Gasteiger partial charge in [0.25, 0.3) is 0 Å². The van der Waals surface area contributed by atoms with Gasteiger partial charge in [0.05, 0.1) is 0 Å². The molecule has 1 amide bonds. The van der Waals surface area contributed by atoms with E-state index < -0.39 is 24.6 Å². The number of aliphatic hydroxyl groups is 1. The molecule has 0 radical (unpaired) electrons. The molecule has 2 fully saturated rings. The fraction of sp³-hybridized carbons (Fsp3) is 0.933. The maximum Gasteiger partial charge on any atom is 0.417 e. The van der Waals surface area contributed by atoms with E-state index in [1.165, 1.54) is 4.90 Å². The van der Waals surface area contributed by atoms with E-state index in [1.807, 2.05) is 0 Å². The van der Waals surface area contributed by atoms with Crippen LogP contribution in [-0.2, 0) is 4.79 Å². The fourth-order valence-corrected chi connectivity index (χ4v) is 3.79. The van der Waals surface area contributed by atoms with Gasteiger partial charge in [0.1, 0.15) is 0 Å². The van der Waals surface area contributed by atoms with Crippen molar-refractivity contribution < 1.29 is 23.1 Å². The molecule has 122 valence electrons. The molecule has 1 aliphatic heterocycles. The van der Waals surface area contributed by atoms with Gasteiger partial charge in [-0.1, -0.05) is 13.8 Å². The molecular weight excluding hydrogens is 283 g/mol. The Kier molecular flexibility index (Phi) is 4.57. The molecule has 1 N–H and O–H groups in total. The number of carbonyl (C=O) groups is 1. The van der Waals surface area contributed by atoms with Gasteiger partial charge in [-0.15, -0.1) is 0 Å². The highest BCUT2D eigenvalue weighted by Gasteiger charge is 2.55. The lowest BCUT2D eigenvalue weighted by Gasteiger charge is -2.41.